The molecule has 0 aliphatic rings. The van der Waals surface area contributed by atoms with Crippen molar-refractivity contribution >= 4 is 43.5 Å². The Balaban J connectivity index is 1.66. The van der Waals surface area contributed by atoms with Crippen LogP contribution in [0.5, 0.6) is 0 Å². The fourth-order valence-corrected chi connectivity index (χ4v) is 4.26. The Hall–Kier alpha value is -3.65. The summed E-state index contributed by atoms with van der Waals surface area (Å²) in [6.45, 7) is 3.45. The van der Waals surface area contributed by atoms with Gasteiger partial charge in [0.2, 0.25) is 0 Å². The molecule has 0 aliphatic heterocycles. The van der Waals surface area contributed by atoms with Crippen LogP contribution in [0.3, 0.4) is 0 Å². The van der Waals surface area contributed by atoms with Crippen LogP contribution in [0.4, 0.5) is 0 Å². The number of hydrogen-bond acceptors (Lipinski definition) is 2. The lowest BCUT2D eigenvalue weighted by Crippen LogP contribution is -1.90. The number of furan rings is 1. The Kier molecular flexibility index (Phi) is 3.08. The van der Waals surface area contributed by atoms with Crippen molar-refractivity contribution in [1.29, 1.82) is 0 Å². The Morgan fingerprint density at radius 1 is 0.833 bits per heavy atom. The molecule has 30 heavy (non-hydrogen) atoms. The summed E-state index contributed by atoms with van der Waals surface area (Å²) in [5.41, 5.74) is 3.28. The molecular formula is C28H21NO. The van der Waals surface area contributed by atoms with E-state index in [2.05, 4.69) is 41.4 Å². The first-order valence-electron chi connectivity index (χ1n) is 11.6. The first-order valence-corrected chi connectivity index (χ1v) is 10.1. The van der Waals surface area contributed by atoms with Crippen LogP contribution in [-0.4, -0.2) is 4.98 Å². The maximum absolute atomic E-state index is 8.41. The summed E-state index contributed by atoms with van der Waals surface area (Å²) in [7, 11) is 0. The number of fused-ring (bicyclic) bond motifs is 6. The molecule has 2 heteroatoms. The molecule has 0 spiro atoms. The normalized spacial score (nSPS) is 13.7. The van der Waals surface area contributed by atoms with Gasteiger partial charge in [-0.05, 0) is 63.3 Å². The third-order valence-corrected chi connectivity index (χ3v) is 5.82. The highest BCUT2D eigenvalue weighted by atomic mass is 16.3. The third kappa shape index (κ3) is 2.54. The molecular weight excluding hydrogens is 366 g/mol. The maximum atomic E-state index is 8.41. The molecule has 0 atom stereocenters. The zero-order chi connectivity index (χ0) is 22.9. The van der Waals surface area contributed by atoms with Crippen molar-refractivity contribution in [3.05, 3.63) is 90.6 Å². The van der Waals surface area contributed by atoms with Crippen molar-refractivity contribution in [2.45, 2.75) is 19.7 Å². The molecule has 0 saturated heterocycles. The molecule has 0 unspecified atom stereocenters. The lowest BCUT2D eigenvalue weighted by molar-refractivity contribution is 0.670. The lowest BCUT2D eigenvalue weighted by Gasteiger charge is -2.07. The standard InChI is InChI=1S/C28H21NO/c1-17(2)19-12-13-29-26(15-19)23-9-5-8-22-25-14-20-11-10-18-6-3-4-7-21(18)24(20)16-27(25)30-28(22)23/h3-17H,1-2H3/i12D,13D,17D. The highest BCUT2D eigenvalue weighted by Gasteiger charge is 2.15. The van der Waals surface area contributed by atoms with Gasteiger partial charge in [-0.1, -0.05) is 62.4 Å². The fourth-order valence-electron chi connectivity index (χ4n) is 4.26. The third-order valence-electron chi connectivity index (χ3n) is 5.82. The minimum atomic E-state index is -1.01. The minimum absolute atomic E-state index is 0.00587. The van der Waals surface area contributed by atoms with E-state index in [1.165, 1.54) is 10.8 Å². The molecule has 4 aromatic carbocycles. The maximum Gasteiger partial charge on any atom is 0.144 e. The number of pyridine rings is 1. The molecule has 2 nitrogen and oxygen atoms in total. The van der Waals surface area contributed by atoms with Crippen LogP contribution in [-0.2, 0) is 0 Å². The van der Waals surface area contributed by atoms with Gasteiger partial charge in [0.05, 0.1) is 8.44 Å². The Labute approximate surface area is 179 Å². The number of aromatic nitrogens is 1. The molecule has 0 bridgehead atoms. The van der Waals surface area contributed by atoms with Crippen LogP contribution in [0, 0.1) is 0 Å². The number of nitrogens with zero attached hydrogens (tertiary/aromatic N) is 1. The van der Waals surface area contributed by atoms with Crippen LogP contribution in [0.1, 0.15) is 29.4 Å². The van der Waals surface area contributed by atoms with Gasteiger partial charge in [-0.25, -0.2) is 0 Å². The Bertz CT molecular complexity index is 1730. The predicted octanol–water partition coefficient (Wildman–Crippen LogP) is 8.08. The van der Waals surface area contributed by atoms with Crippen molar-refractivity contribution in [2.24, 2.45) is 0 Å². The smallest absolute Gasteiger partial charge is 0.144 e. The second-order valence-electron chi connectivity index (χ2n) is 7.93. The molecule has 6 rings (SSSR count). The molecule has 6 aromatic rings. The highest BCUT2D eigenvalue weighted by molar-refractivity contribution is 6.17. The fraction of sp³-hybridized carbons (Fsp3) is 0.107. The van der Waals surface area contributed by atoms with Gasteiger partial charge in [-0.2, -0.15) is 0 Å². The summed E-state index contributed by atoms with van der Waals surface area (Å²) >= 11 is 0. The summed E-state index contributed by atoms with van der Waals surface area (Å²) in [6, 6.07) is 24.6. The molecule has 0 saturated carbocycles. The van der Waals surface area contributed by atoms with Crippen LogP contribution < -0.4 is 0 Å². The SMILES string of the molecule is [2H]c1nc(-c2cccc3c2oc2cc4c(ccc5ccccc54)cc23)cc(C([2H])(C)C)c1[2H]. The van der Waals surface area contributed by atoms with Crippen LogP contribution >= 0.6 is 0 Å². The van der Waals surface area contributed by atoms with Crippen LogP contribution in [0.15, 0.2) is 89.4 Å². The largest absolute Gasteiger partial charge is 0.455 e. The monoisotopic (exact) mass is 390 g/mol. The molecule has 0 radical (unpaired) electrons. The van der Waals surface area contributed by atoms with Gasteiger partial charge in [0.15, 0.2) is 0 Å². The number of para-hydroxylation sites is 1. The zero-order valence-electron chi connectivity index (χ0n) is 19.8. The van der Waals surface area contributed by atoms with Crippen molar-refractivity contribution in [3.63, 3.8) is 0 Å². The molecule has 0 aliphatic carbocycles. The number of benzene rings is 4. The average molecular weight is 391 g/mol. The average Bonchev–Trinajstić information content (AvgIpc) is 3.16. The molecule has 0 fully saturated rings. The second-order valence-corrected chi connectivity index (χ2v) is 7.93. The zero-order valence-corrected chi connectivity index (χ0v) is 16.8. The molecule has 0 N–H and O–H groups in total. The predicted molar refractivity (Wildman–Crippen MR) is 126 cm³/mol. The Morgan fingerprint density at radius 3 is 2.57 bits per heavy atom. The summed E-state index contributed by atoms with van der Waals surface area (Å²) < 4.78 is 31.2. The lowest BCUT2D eigenvalue weighted by atomic mass is 9.99. The van der Waals surface area contributed by atoms with Crippen molar-refractivity contribution in [2.75, 3.05) is 0 Å². The van der Waals surface area contributed by atoms with E-state index in [9.17, 15) is 0 Å². The van der Waals surface area contributed by atoms with Gasteiger partial charge < -0.3 is 4.42 Å². The summed E-state index contributed by atoms with van der Waals surface area (Å²) in [4.78, 5) is 4.37. The number of hydrogen-bond donors (Lipinski definition) is 0. The van der Waals surface area contributed by atoms with Gasteiger partial charge >= 0.3 is 0 Å². The summed E-state index contributed by atoms with van der Waals surface area (Å²) in [6.07, 6.45) is -0.131. The van der Waals surface area contributed by atoms with Crippen molar-refractivity contribution in [1.82, 2.24) is 4.98 Å². The topological polar surface area (TPSA) is 26.0 Å². The van der Waals surface area contributed by atoms with E-state index in [1.54, 1.807) is 19.9 Å². The van der Waals surface area contributed by atoms with Gasteiger partial charge in [0.25, 0.3) is 0 Å². The van der Waals surface area contributed by atoms with E-state index in [0.29, 0.717) is 16.8 Å². The van der Waals surface area contributed by atoms with Crippen molar-refractivity contribution in [3.8, 4) is 11.3 Å². The molecule has 144 valence electrons. The van der Waals surface area contributed by atoms with Crippen LogP contribution in [0.2, 0.25) is 0 Å². The summed E-state index contributed by atoms with van der Waals surface area (Å²) in [5, 5.41) is 6.68. The molecule has 2 aromatic heterocycles. The molecule has 0 amide bonds. The van der Waals surface area contributed by atoms with E-state index in [1.807, 2.05) is 30.3 Å². The number of rotatable bonds is 2. The van der Waals surface area contributed by atoms with Crippen LogP contribution in [0.25, 0.3) is 54.7 Å². The van der Waals surface area contributed by atoms with E-state index in [0.717, 1.165) is 32.7 Å². The van der Waals surface area contributed by atoms with E-state index in [-0.39, 0.29) is 12.2 Å². The van der Waals surface area contributed by atoms with Crippen molar-refractivity contribution < 1.29 is 8.53 Å². The quantitative estimate of drug-likeness (QED) is 0.279. The minimum Gasteiger partial charge on any atom is -0.455 e. The highest BCUT2D eigenvalue weighted by Crippen LogP contribution is 2.38. The second kappa shape index (κ2) is 6.43. The Morgan fingerprint density at radius 2 is 1.67 bits per heavy atom. The first kappa shape index (κ1) is 14.4. The first-order chi connectivity index (χ1) is 15.8. The van der Waals surface area contributed by atoms with Gasteiger partial charge in [0, 0.05) is 23.9 Å². The van der Waals surface area contributed by atoms with Gasteiger partial charge in [-0.15, -0.1) is 0 Å². The molecule has 2 heterocycles. The van der Waals surface area contributed by atoms with E-state index in [4.69, 9.17) is 8.53 Å². The van der Waals surface area contributed by atoms with Gasteiger partial charge in [0.1, 0.15) is 11.2 Å². The van der Waals surface area contributed by atoms with E-state index < -0.39 is 5.89 Å². The van der Waals surface area contributed by atoms with E-state index >= 15 is 0 Å². The summed E-state index contributed by atoms with van der Waals surface area (Å²) in [5.74, 6) is -1.01. The van der Waals surface area contributed by atoms with Gasteiger partial charge in [-0.3, -0.25) is 4.98 Å².